The van der Waals surface area contributed by atoms with Gasteiger partial charge in [-0.3, -0.25) is 24.7 Å². The van der Waals surface area contributed by atoms with Gasteiger partial charge < -0.3 is 19.9 Å². The van der Waals surface area contributed by atoms with Crippen LogP contribution >= 0.6 is 31.9 Å². The summed E-state index contributed by atoms with van der Waals surface area (Å²) in [7, 11) is 0. The molecular formula is C25H29Br2N5O5. The first-order valence-corrected chi connectivity index (χ1v) is 13.5. The van der Waals surface area contributed by atoms with Crippen LogP contribution in [0.5, 0.6) is 0 Å². The van der Waals surface area contributed by atoms with E-state index in [2.05, 4.69) is 42.2 Å². The molecule has 3 heterocycles. The Morgan fingerprint density at radius 3 is 2.35 bits per heavy atom. The minimum absolute atomic E-state index is 0.146. The lowest BCUT2D eigenvalue weighted by Gasteiger charge is -2.36. The summed E-state index contributed by atoms with van der Waals surface area (Å²) in [5.41, 5.74) is 0.176. The SMILES string of the molecule is C[C@H]1CN(C(=O)c2cc(Br)cc([N+](=O)[O-])c2N[C@H]2CN(C(=O)c3cncc(Br)c3)CC2(C)C)C[C@H](C)O1. The summed E-state index contributed by atoms with van der Waals surface area (Å²) in [6.07, 6.45) is 2.83. The maximum Gasteiger partial charge on any atom is 0.294 e. The second-order valence-electron chi connectivity index (χ2n) is 10.3. The van der Waals surface area contributed by atoms with E-state index in [1.165, 1.54) is 12.3 Å². The van der Waals surface area contributed by atoms with Crippen LogP contribution in [0.3, 0.4) is 0 Å². The molecule has 2 fully saturated rings. The van der Waals surface area contributed by atoms with Crippen LogP contribution in [0.1, 0.15) is 48.4 Å². The number of rotatable bonds is 5. The first-order chi connectivity index (χ1) is 17.4. The molecule has 1 aromatic carbocycles. The van der Waals surface area contributed by atoms with Gasteiger partial charge in [0.05, 0.1) is 34.3 Å². The zero-order valence-corrected chi connectivity index (χ0v) is 24.2. The molecule has 2 aliphatic heterocycles. The van der Waals surface area contributed by atoms with Crippen LogP contribution in [0.25, 0.3) is 0 Å². The third-order valence-electron chi connectivity index (χ3n) is 6.72. The highest BCUT2D eigenvalue weighted by Crippen LogP contribution is 2.39. The van der Waals surface area contributed by atoms with Gasteiger partial charge in [-0.2, -0.15) is 0 Å². The molecule has 10 nitrogen and oxygen atoms in total. The van der Waals surface area contributed by atoms with E-state index >= 15 is 0 Å². The molecule has 4 rings (SSSR count). The molecule has 1 aromatic heterocycles. The number of benzene rings is 1. The van der Waals surface area contributed by atoms with Crippen molar-refractivity contribution in [2.75, 3.05) is 31.5 Å². The predicted molar refractivity (Wildman–Crippen MR) is 146 cm³/mol. The molecule has 37 heavy (non-hydrogen) atoms. The summed E-state index contributed by atoms with van der Waals surface area (Å²) < 4.78 is 6.90. The molecule has 2 aromatic rings. The number of hydrogen-bond acceptors (Lipinski definition) is 7. The predicted octanol–water partition coefficient (Wildman–Crippen LogP) is 4.73. The van der Waals surface area contributed by atoms with Gasteiger partial charge in [0.15, 0.2) is 0 Å². The third kappa shape index (κ3) is 5.96. The number of nitrogens with zero attached hydrogens (tertiary/aromatic N) is 4. The van der Waals surface area contributed by atoms with E-state index in [4.69, 9.17) is 4.74 Å². The number of halogens is 2. The summed E-state index contributed by atoms with van der Waals surface area (Å²) in [6.45, 7) is 9.30. The van der Waals surface area contributed by atoms with Gasteiger partial charge in [-0.15, -0.1) is 0 Å². The number of nitro benzene ring substituents is 1. The zero-order valence-electron chi connectivity index (χ0n) is 21.0. The fourth-order valence-corrected chi connectivity index (χ4v) is 5.80. The zero-order chi connectivity index (χ0) is 27.1. The summed E-state index contributed by atoms with van der Waals surface area (Å²) in [5, 5.41) is 15.4. The van der Waals surface area contributed by atoms with E-state index in [0.29, 0.717) is 40.7 Å². The second-order valence-corrected chi connectivity index (χ2v) is 12.2. The van der Waals surface area contributed by atoms with Crippen molar-refractivity contribution in [3.05, 3.63) is 60.8 Å². The highest BCUT2D eigenvalue weighted by molar-refractivity contribution is 9.10. The standard InChI is InChI=1S/C25H29Br2N5O5/c1-14-10-30(11-15(2)37-14)24(34)19-6-17(26)7-20(32(35)36)22(19)29-21-12-31(13-25(21,3)4)23(33)16-5-18(27)9-28-8-16/h5-9,14-15,21,29H,10-13H2,1-4H3/t14-,15-,21-/m0/s1. The molecule has 2 saturated heterocycles. The molecule has 0 spiro atoms. The molecular weight excluding hydrogens is 610 g/mol. The average Bonchev–Trinajstić information content (AvgIpc) is 3.11. The van der Waals surface area contributed by atoms with Crippen molar-refractivity contribution in [1.82, 2.24) is 14.8 Å². The van der Waals surface area contributed by atoms with E-state index in [0.717, 1.165) is 0 Å². The molecule has 0 bridgehead atoms. The normalized spacial score (nSPS) is 23.1. The maximum atomic E-state index is 13.7. The van der Waals surface area contributed by atoms with Gasteiger partial charge in [0.2, 0.25) is 0 Å². The fourth-order valence-electron chi connectivity index (χ4n) is 4.99. The molecule has 0 saturated carbocycles. The van der Waals surface area contributed by atoms with Crippen molar-refractivity contribution in [2.45, 2.75) is 45.9 Å². The second kappa shape index (κ2) is 10.7. The monoisotopic (exact) mass is 637 g/mol. The van der Waals surface area contributed by atoms with Crippen LogP contribution in [0.4, 0.5) is 11.4 Å². The number of nitrogens with one attached hydrogen (secondary N) is 1. The number of ether oxygens (including phenoxy) is 1. The maximum absolute atomic E-state index is 13.7. The Labute approximate surface area is 232 Å². The van der Waals surface area contributed by atoms with Crippen molar-refractivity contribution in [1.29, 1.82) is 0 Å². The van der Waals surface area contributed by atoms with Crippen LogP contribution in [0.15, 0.2) is 39.5 Å². The number of likely N-dealkylation sites (tertiary alicyclic amines) is 1. The largest absolute Gasteiger partial charge is 0.374 e. The van der Waals surface area contributed by atoms with Crippen molar-refractivity contribution >= 4 is 55.0 Å². The number of hydrogen-bond donors (Lipinski definition) is 1. The summed E-state index contributed by atoms with van der Waals surface area (Å²) >= 11 is 6.69. The number of pyridine rings is 1. The number of amides is 2. The lowest BCUT2D eigenvalue weighted by atomic mass is 9.87. The smallest absolute Gasteiger partial charge is 0.294 e. The van der Waals surface area contributed by atoms with Crippen LogP contribution in [0.2, 0.25) is 0 Å². The third-order valence-corrected chi connectivity index (χ3v) is 7.61. The van der Waals surface area contributed by atoms with Gasteiger partial charge in [-0.25, -0.2) is 0 Å². The Bertz CT molecular complexity index is 1230. The molecule has 3 atom stereocenters. The first kappa shape index (κ1) is 27.5. The van der Waals surface area contributed by atoms with Crippen LogP contribution < -0.4 is 5.32 Å². The lowest BCUT2D eigenvalue weighted by molar-refractivity contribution is -0.384. The fraction of sp³-hybridized carbons (Fsp3) is 0.480. The van der Waals surface area contributed by atoms with E-state index in [9.17, 15) is 19.7 Å². The molecule has 2 aliphatic rings. The van der Waals surface area contributed by atoms with Gasteiger partial charge >= 0.3 is 0 Å². The highest BCUT2D eigenvalue weighted by Gasteiger charge is 2.43. The number of aromatic nitrogens is 1. The Morgan fingerprint density at radius 1 is 1.05 bits per heavy atom. The highest BCUT2D eigenvalue weighted by atomic mass is 79.9. The first-order valence-electron chi connectivity index (χ1n) is 11.9. The lowest BCUT2D eigenvalue weighted by Crippen LogP contribution is -2.48. The van der Waals surface area contributed by atoms with E-state index < -0.39 is 10.3 Å². The van der Waals surface area contributed by atoms with Gasteiger partial charge in [0, 0.05) is 59.0 Å². The molecule has 0 aliphatic carbocycles. The van der Waals surface area contributed by atoms with E-state index in [1.54, 1.807) is 28.1 Å². The van der Waals surface area contributed by atoms with E-state index in [-0.39, 0.29) is 47.0 Å². The van der Waals surface area contributed by atoms with Crippen LogP contribution in [-0.4, -0.2) is 76.0 Å². The Kier molecular flexibility index (Phi) is 7.91. The van der Waals surface area contributed by atoms with Gasteiger partial charge in [0.1, 0.15) is 5.69 Å². The number of carbonyl (C=O) groups excluding carboxylic acids is 2. The van der Waals surface area contributed by atoms with Crippen molar-refractivity contribution < 1.29 is 19.2 Å². The van der Waals surface area contributed by atoms with Crippen LogP contribution in [-0.2, 0) is 4.74 Å². The minimum atomic E-state index is -0.494. The van der Waals surface area contributed by atoms with Gasteiger partial charge in [0.25, 0.3) is 17.5 Å². The Hall–Kier alpha value is -2.57. The molecule has 0 radical (unpaired) electrons. The number of morpholine rings is 1. The van der Waals surface area contributed by atoms with E-state index in [1.807, 2.05) is 27.7 Å². The molecule has 198 valence electrons. The number of nitro groups is 1. The molecule has 2 amide bonds. The summed E-state index contributed by atoms with van der Waals surface area (Å²) in [4.78, 5) is 45.9. The van der Waals surface area contributed by atoms with Crippen molar-refractivity contribution in [2.24, 2.45) is 5.41 Å². The van der Waals surface area contributed by atoms with Gasteiger partial charge in [-0.1, -0.05) is 29.8 Å². The molecule has 0 unspecified atom stereocenters. The molecule has 1 N–H and O–H groups in total. The van der Waals surface area contributed by atoms with Gasteiger partial charge in [-0.05, 0) is 41.9 Å². The molecule has 12 heteroatoms. The van der Waals surface area contributed by atoms with Crippen molar-refractivity contribution in [3.8, 4) is 0 Å². The summed E-state index contributed by atoms with van der Waals surface area (Å²) in [6, 6.07) is 4.37. The topological polar surface area (TPSA) is 118 Å². The number of carbonyl (C=O) groups is 2. The van der Waals surface area contributed by atoms with Crippen molar-refractivity contribution in [3.63, 3.8) is 0 Å². The average molecular weight is 639 g/mol. The Balaban J connectivity index is 1.67. The quantitative estimate of drug-likeness (QED) is 0.372. The minimum Gasteiger partial charge on any atom is -0.374 e. The number of anilines is 1. The Morgan fingerprint density at radius 2 is 1.73 bits per heavy atom. The van der Waals surface area contributed by atoms with Crippen LogP contribution in [0, 0.1) is 15.5 Å². The summed E-state index contributed by atoms with van der Waals surface area (Å²) in [5.74, 6) is -0.484.